The second-order valence-electron chi connectivity index (χ2n) is 8.82. The molecule has 2 aromatic heterocycles. The number of nitro groups is 1. The first-order chi connectivity index (χ1) is 19.4. The zero-order valence-corrected chi connectivity index (χ0v) is 24.3. The third kappa shape index (κ3) is 6.86. The van der Waals surface area contributed by atoms with E-state index in [1.54, 1.807) is 6.92 Å². The van der Waals surface area contributed by atoms with Crippen LogP contribution in [0.15, 0.2) is 23.2 Å². The number of nitrogens with one attached hydrogen (secondary N) is 1. The molecule has 1 aliphatic carbocycles. The van der Waals surface area contributed by atoms with Gasteiger partial charge in [-0.2, -0.15) is 4.99 Å². The number of nitrogens with zero attached hydrogens (tertiary/aromatic N) is 3. The average Bonchev–Trinajstić information content (AvgIpc) is 3.56. The number of non-ortho nitro benzene ring substituents is 1. The Morgan fingerprint density at radius 1 is 1.17 bits per heavy atom. The summed E-state index contributed by atoms with van der Waals surface area (Å²) in [6, 6.07) is 3.83. The standard InChI is InChI=1S/C24H24N4O10S3/c1-3-38-23(32)21-14-5-4-6-16(14)39-22(21)25-18(29)11-41(35,36)12-19(30)26-24-27(10-20(31)37-2)15-8-7-13(28(33)34)9-17(15)40-24/h7-9H,3-6,10-12H2,1-2H3,(H,25,29). The van der Waals surface area contributed by atoms with Crippen LogP contribution in [0.3, 0.4) is 0 Å². The van der Waals surface area contributed by atoms with Gasteiger partial charge in [-0.15, -0.1) is 11.3 Å². The van der Waals surface area contributed by atoms with E-state index in [0.717, 1.165) is 41.7 Å². The number of aryl methyl sites for hydroxylation is 1. The number of carbonyl (C=O) groups excluding carboxylic acids is 4. The maximum Gasteiger partial charge on any atom is 0.341 e. The summed E-state index contributed by atoms with van der Waals surface area (Å²) in [5, 5.41) is 13.8. The van der Waals surface area contributed by atoms with Crippen LogP contribution in [-0.4, -0.2) is 66.9 Å². The number of anilines is 1. The molecule has 3 aromatic rings. The molecule has 1 N–H and O–H groups in total. The molecular formula is C24H24N4O10S3. The largest absolute Gasteiger partial charge is 0.468 e. The molecule has 4 rings (SSSR count). The molecule has 218 valence electrons. The Bertz CT molecular complexity index is 1750. The Hall–Kier alpha value is -3.96. The monoisotopic (exact) mass is 624 g/mol. The van der Waals surface area contributed by atoms with Crippen molar-refractivity contribution < 1.29 is 42.0 Å². The molecule has 1 aliphatic rings. The van der Waals surface area contributed by atoms with Gasteiger partial charge >= 0.3 is 11.9 Å². The highest BCUT2D eigenvalue weighted by atomic mass is 32.2. The lowest BCUT2D eigenvalue weighted by Crippen LogP contribution is -2.29. The molecule has 0 atom stereocenters. The van der Waals surface area contributed by atoms with Crippen molar-refractivity contribution in [1.82, 2.24) is 4.57 Å². The number of ether oxygens (including phenoxy) is 2. The molecule has 0 unspecified atom stereocenters. The molecule has 1 aromatic carbocycles. The van der Waals surface area contributed by atoms with Crippen LogP contribution in [0.2, 0.25) is 0 Å². The van der Waals surface area contributed by atoms with E-state index < -0.39 is 50.0 Å². The first-order valence-electron chi connectivity index (χ1n) is 12.2. The molecule has 2 amide bonds. The molecular weight excluding hydrogens is 600 g/mol. The third-order valence-corrected chi connectivity index (χ3v) is 9.60. The lowest BCUT2D eigenvalue weighted by Gasteiger charge is -2.08. The lowest BCUT2D eigenvalue weighted by molar-refractivity contribution is -0.384. The highest BCUT2D eigenvalue weighted by Crippen LogP contribution is 2.39. The van der Waals surface area contributed by atoms with Crippen molar-refractivity contribution in [2.24, 2.45) is 4.99 Å². The van der Waals surface area contributed by atoms with Gasteiger partial charge in [0, 0.05) is 17.0 Å². The Morgan fingerprint density at radius 3 is 2.61 bits per heavy atom. The number of hydrogen-bond acceptors (Lipinski definition) is 12. The topological polar surface area (TPSA) is 193 Å². The van der Waals surface area contributed by atoms with Gasteiger partial charge in [-0.3, -0.25) is 24.5 Å². The van der Waals surface area contributed by atoms with E-state index in [1.807, 2.05) is 0 Å². The van der Waals surface area contributed by atoms with Crippen molar-refractivity contribution in [3.05, 3.63) is 49.1 Å². The summed E-state index contributed by atoms with van der Waals surface area (Å²) < 4.78 is 36.8. The van der Waals surface area contributed by atoms with Gasteiger partial charge in [-0.1, -0.05) is 11.3 Å². The Balaban J connectivity index is 1.54. The van der Waals surface area contributed by atoms with Crippen LogP contribution in [0.1, 0.15) is 34.1 Å². The van der Waals surface area contributed by atoms with E-state index in [9.17, 15) is 37.7 Å². The number of carbonyl (C=O) groups is 4. The summed E-state index contributed by atoms with van der Waals surface area (Å²) in [6.45, 7) is 1.40. The number of sulfone groups is 1. The van der Waals surface area contributed by atoms with Gasteiger partial charge in [0.25, 0.3) is 11.6 Å². The minimum atomic E-state index is -4.30. The number of nitro benzene ring substituents is 1. The van der Waals surface area contributed by atoms with Crippen molar-refractivity contribution in [1.29, 1.82) is 0 Å². The first kappa shape index (κ1) is 30.0. The molecule has 17 heteroatoms. The molecule has 0 saturated heterocycles. The molecule has 0 fully saturated rings. The van der Waals surface area contributed by atoms with E-state index in [0.29, 0.717) is 16.6 Å². The second-order valence-corrected chi connectivity index (χ2v) is 13.0. The third-order valence-electron chi connectivity index (χ3n) is 5.96. The van der Waals surface area contributed by atoms with Gasteiger partial charge < -0.3 is 19.4 Å². The number of rotatable bonds is 10. The SMILES string of the molecule is CCOC(=O)c1c(NC(=O)CS(=O)(=O)CC(=O)N=c2sc3cc([N+](=O)[O-])ccc3n2CC(=O)OC)sc2c1CCC2. The van der Waals surface area contributed by atoms with Crippen molar-refractivity contribution in [3.63, 3.8) is 0 Å². The van der Waals surface area contributed by atoms with Crippen LogP contribution >= 0.6 is 22.7 Å². The molecule has 14 nitrogen and oxygen atoms in total. The second kappa shape index (κ2) is 12.3. The van der Waals surface area contributed by atoms with Gasteiger partial charge in [0.1, 0.15) is 23.1 Å². The number of amides is 2. The Labute approximate surface area is 240 Å². The molecule has 0 radical (unpaired) electrons. The van der Waals surface area contributed by atoms with Gasteiger partial charge in [-0.05, 0) is 37.8 Å². The number of thiophene rings is 1. The maximum absolute atomic E-state index is 12.7. The minimum Gasteiger partial charge on any atom is -0.468 e. The van der Waals surface area contributed by atoms with Crippen LogP contribution in [0, 0.1) is 10.1 Å². The predicted octanol–water partition coefficient (Wildman–Crippen LogP) is 1.99. The number of fused-ring (bicyclic) bond motifs is 2. The van der Waals surface area contributed by atoms with Crippen LogP contribution < -0.4 is 10.1 Å². The van der Waals surface area contributed by atoms with E-state index in [-0.39, 0.29) is 34.2 Å². The van der Waals surface area contributed by atoms with Crippen LogP contribution in [0.4, 0.5) is 10.7 Å². The van der Waals surface area contributed by atoms with Crippen molar-refractivity contribution in [3.8, 4) is 0 Å². The van der Waals surface area contributed by atoms with Crippen LogP contribution in [0.5, 0.6) is 0 Å². The smallest absolute Gasteiger partial charge is 0.341 e. The first-order valence-corrected chi connectivity index (χ1v) is 15.6. The van der Waals surface area contributed by atoms with Crippen molar-refractivity contribution in [2.75, 3.05) is 30.5 Å². The van der Waals surface area contributed by atoms with E-state index in [4.69, 9.17) is 4.74 Å². The average molecular weight is 625 g/mol. The summed E-state index contributed by atoms with van der Waals surface area (Å²) >= 11 is 2.04. The van der Waals surface area contributed by atoms with Crippen LogP contribution in [-0.2, 0) is 53.1 Å². The van der Waals surface area contributed by atoms with E-state index >= 15 is 0 Å². The Morgan fingerprint density at radius 2 is 1.93 bits per heavy atom. The Kier molecular flexibility index (Phi) is 8.98. The van der Waals surface area contributed by atoms with Gasteiger partial charge in [0.2, 0.25) is 5.91 Å². The van der Waals surface area contributed by atoms with E-state index in [1.165, 1.54) is 34.1 Å². The van der Waals surface area contributed by atoms with Gasteiger partial charge in [0.05, 0.1) is 34.4 Å². The quantitative estimate of drug-likeness (QED) is 0.198. The number of hydrogen-bond donors (Lipinski definition) is 1. The summed E-state index contributed by atoms with van der Waals surface area (Å²) in [5.74, 6) is -5.49. The zero-order valence-electron chi connectivity index (χ0n) is 21.8. The number of aromatic nitrogens is 1. The molecule has 0 bridgehead atoms. The molecule has 0 aliphatic heterocycles. The van der Waals surface area contributed by atoms with E-state index in [2.05, 4.69) is 15.0 Å². The summed E-state index contributed by atoms with van der Waals surface area (Å²) in [5.41, 5.74) is 1.13. The molecule has 2 heterocycles. The number of benzene rings is 1. The summed E-state index contributed by atoms with van der Waals surface area (Å²) in [4.78, 5) is 65.0. The normalized spacial score (nSPS) is 13.2. The maximum atomic E-state index is 12.7. The summed E-state index contributed by atoms with van der Waals surface area (Å²) in [7, 11) is -3.15. The molecule has 41 heavy (non-hydrogen) atoms. The fraction of sp³-hybridized carbons (Fsp3) is 0.375. The van der Waals surface area contributed by atoms with Crippen molar-refractivity contribution in [2.45, 2.75) is 32.7 Å². The minimum absolute atomic E-state index is 0.0808. The predicted molar refractivity (Wildman–Crippen MR) is 149 cm³/mol. The number of esters is 2. The lowest BCUT2D eigenvalue weighted by atomic mass is 10.1. The summed E-state index contributed by atoms with van der Waals surface area (Å²) in [6.07, 6.45) is 2.24. The molecule has 0 spiro atoms. The molecule has 0 saturated carbocycles. The fourth-order valence-electron chi connectivity index (χ4n) is 4.26. The van der Waals surface area contributed by atoms with Gasteiger partial charge in [0.15, 0.2) is 14.6 Å². The zero-order chi connectivity index (χ0) is 29.9. The van der Waals surface area contributed by atoms with Gasteiger partial charge in [-0.25, -0.2) is 13.2 Å². The highest BCUT2D eigenvalue weighted by Gasteiger charge is 2.29. The number of thiazole rings is 1. The number of methoxy groups -OCH3 is 1. The van der Waals surface area contributed by atoms with Crippen LogP contribution in [0.25, 0.3) is 10.2 Å². The fourth-order valence-corrected chi connectivity index (χ4v) is 7.65. The van der Waals surface area contributed by atoms with Crippen molar-refractivity contribution >= 4 is 77.2 Å². The highest BCUT2D eigenvalue weighted by molar-refractivity contribution is 7.92.